The highest BCUT2D eigenvalue weighted by atomic mass is 79.9. The van der Waals surface area contributed by atoms with Gasteiger partial charge in [-0.15, -0.1) is 0 Å². The fraction of sp³-hybridized carbons (Fsp3) is 0.0625. The van der Waals surface area contributed by atoms with E-state index >= 15 is 0 Å². The number of anilines is 1. The van der Waals surface area contributed by atoms with Crippen LogP contribution >= 0.6 is 27.5 Å². The summed E-state index contributed by atoms with van der Waals surface area (Å²) in [6.45, 7) is -0.0443. The van der Waals surface area contributed by atoms with Crippen molar-refractivity contribution in [2.45, 2.75) is 11.4 Å². The summed E-state index contributed by atoms with van der Waals surface area (Å²) in [7, 11) is -4.28. The molecule has 12 heteroatoms. The van der Waals surface area contributed by atoms with Crippen molar-refractivity contribution in [3.63, 3.8) is 0 Å². The van der Waals surface area contributed by atoms with E-state index in [0.717, 1.165) is 12.1 Å². The average Bonchev–Trinajstić information content (AvgIpc) is 2.97. The van der Waals surface area contributed by atoms with Crippen molar-refractivity contribution in [1.29, 1.82) is 0 Å². The predicted molar refractivity (Wildman–Crippen MR) is 104 cm³/mol. The first-order chi connectivity index (χ1) is 13.2. The minimum Gasteiger partial charge on any atom is -0.265 e. The summed E-state index contributed by atoms with van der Waals surface area (Å²) in [5, 5.41) is 15.4. The Morgan fingerprint density at radius 1 is 1.25 bits per heavy atom. The number of hydrogen-bond donors (Lipinski definition) is 1. The van der Waals surface area contributed by atoms with Crippen LogP contribution in [0.3, 0.4) is 0 Å². The average molecular weight is 490 g/mol. The van der Waals surface area contributed by atoms with Crippen LogP contribution in [0.4, 0.5) is 15.9 Å². The smallest absolute Gasteiger partial charge is 0.265 e. The highest BCUT2D eigenvalue weighted by Gasteiger charge is 2.26. The van der Waals surface area contributed by atoms with Crippen molar-refractivity contribution >= 4 is 49.1 Å². The molecule has 28 heavy (non-hydrogen) atoms. The zero-order chi connectivity index (χ0) is 20.5. The molecule has 1 heterocycles. The Morgan fingerprint density at radius 2 is 1.96 bits per heavy atom. The Hall–Kier alpha value is -2.50. The molecule has 0 spiro atoms. The van der Waals surface area contributed by atoms with Crippen LogP contribution < -0.4 is 4.72 Å². The first-order valence-corrected chi connectivity index (χ1v) is 10.3. The number of nitrogens with zero attached hydrogens (tertiary/aromatic N) is 3. The molecule has 2 aromatic carbocycles. The zero-order valence-electron chi connectivity index (χ0n) is 13.8. The van der Waals surface area contributed by atoms with E-state index in [2.05, 4.69) is 25.8 Å². The molecule has 0 aliphatic heterocycles. The molecule has 0 radical (unpaired) electrons. The van der Waals surface area contributed by atoms with Crippen molar-refractivity contribution < 1.29 is 17.7 Å². The minimum atomic E-state index is -4.28. The van der Waals surface area contributed by atoms with E-state index in [1.54, 1.807) is 0 Å². The van der Waals surface area contributed by atoms with Gasteiger partial charge in [-0.1, -0.05) is 29.8 Å². The lowest BCUT2D eigenvalue weighted by Gasteiger charge is -2.07. The first-order valence-electron chi connectivity index (χ1n) is 7.61. The third-order valence-electron chi connectivity index (χ3n) is 3.68. The van der Waals surface area contributed by atoms with Crippen molar-refractivity contribution in [3.8, 4) is 0 Å². The number of hydrogen-bond acceptors (Lipinski definition) is 5. The molecule has 3 rings (SSSR count). The molecular weight excluding hydrogens is 479 g/mol. The van der Waals surface area contributed by atoms with E-state index < -0.39 is 31.3 Å². The summed E-state index contributed by atoms with van der Waals surface area (Å²) >= 11 is 9.16. The number of aromatic nitrogens is 2. The molecule has 0 saturated heterocycles. The number of nitro benzene ring substituents is 1. The van der Waals surface area contributed by atoms with Crippen LogP contribution in [0.2, 0.25) is 5.02 Å². The maximum absolute atomic E-state index is 13.9. The molecule has 0 aliphatic carbocycles. The molecule has 1 aromatic heterocycles. The number of nitro groups is 1. The van der Waals surface area contributed by atoms with Gasteiger partial charge < -0.3 is 0 Å². The van der Waals surface area contributed by atoms with Crippen LogP contribution in [-0.4, -0.2) is 23.1 Å². The molecule has 0 saturated carbocycles. The Balaban J connectivity index is 1.91. The summed E-state index contributed by atoms with van der Waals surface area (Å²) in [6.07, 6.45) is 1.43. The molecule has 146 valence electrons. The van der Waals surface area contributed by atoms with Gasteiger partial charge >= 0.3 is 0 Å². The maximum Gasteiger partial charge on any atom is 0.289 e. The van der Waals surface area contributed by atoms with Gasteiger partial charge in [0.15, 0.2) is 10.7 Å². The largest absolute Gasteiger partial charge is 0.289 e. The topological polar surface area (TPSA) is 107 Å². The second kappa shape index (κ2) is 7.86. The van der Waals surface area contributed by atoms with Crippen LogP contribution in [0.5, 0.6) is 0 Å². The fourth-order valence-electron chi connectivity index (χ4n) is 2.41. The van der Waals surface area contributed by atoms with E-state index in [-0.39, 0.29) is 27.4 Å². The lowest BCUT2D eigenvalue weighted by molar-refractivity contribution is -0.387. The number of sulfonamides is 1. The molecule has 3 aromatic rings. The van der Waals surface area contributed by atoms with E-state index in [1.807, 2.05) is 0 Å². The number of para-hydroxylation sites is 1. The van der Waals surface area contributed by atoms with Crippen molar-refractivity contribution in [2.75, 3.05) is 4.72 Å². The van der Waals surface area contributed by atoms with Gasteiger partial charge in [-0.05, 0) is 34.1 Å². The molecule has 0 fully saturated rings. The normalized spacial score (nSPS) is 11.4. The van der Waals surface area contributed by atoms with Gasteiger partial charge in [0.1, 0.15) is 5.82 Å². The minimum absolute atomic E-state index is 0.0443. The highest BCUT2D eigenvalue weighted by Crippen LogP contribution is 2.28. The quantitative estimate of drug-likeness (QED) is 0.412. The summed E-state index contributed by atoms with van der Waals surface area (Å²) in [4.78, 5) is 9.80. The molecule has 0 aliphatic rings. The van der Waals surface area contributed by atoms with Crippen LogP contribution in [0.1, 0.15) is 5.56 Å². The SMILES string of the molecule is O=[N+]([O-])c1ccccc1S(=O)(=O)Nc1nn(Cc2c(F)cccc2Cl)cc1Br. The Labute approximate surface area is 172 Å². The van der Waals surface area contributed by atoms with E-state index in [1.165, 1.54) is 41.2 Å². The summed E-state index contributed by atoms with van der Waals surface area (Å²) in [6, 6.07) is 9.17. The monoisotopic (exact) mass is 488 g/mol. The molecular formula is C16H11BrClFN4O4S. The van der Waals surface area contributed by atoms with Crippen LogP contribution in [-0.2, 0) is 16.6 Å². The van der Waals surface area contributed by atoms with Crippen molar-refractivity contribution in [3.05, 3.63) is 79.7 Å². The van der Waals surface area contributed by atoms with Crippen LogP contribution in [0.25, 0.3) is 0 Å². The van der Waals surface area contributed by atoms with Gasteiger partial charge in [-0.3, -0.25) is 19.5 Å². The van der Waals surface area contributed by atoms with Gasteiger partial charge in [-0.25, -0.2) is 12.8 Å². The lowest BCUT2D eigenvalue weighted by Crippen LogP contribution is -2.15. The van der Waals surface area contributed by atoms with Gasteiger partial charge in [0.05, 0.1) is 15.9 Å². The van der Waals surface area contributed by atoms with Gasteiger partial charge in [0.25, 0.3) is 15.7 Å². The highest BCUT2D eigenvalue weighted by molar-refractivity contribution is 9.10. The molecule has 0 unspecified atom stereocenters. The standard InChI is InChI=1S/C16H11BrClFN4O4S/c17-11-9-22(8-10-12(18)4-3-5-13(10)19)20-16(11)21-28(26,27)15-7-2-1-6-14(15)23(24)25/h1-7,9H,8H2,(H,20,21). The molecule has 1 N–H and O–H groups in total. The van der Waals surface area contributed by atoms with Crippen LogP contribution in [0.15, 0.2) is 58.0 Å². The number of rotatable bonds is 6. The summed E-state index contributed by atoms with van der Waals surface area (Å²) in [5.41, 5.74) is -0.379. The van der Waals surface area contributed by atoms with E-state index in [4.69, 9.17) is 11.6 Å². The Bertz CT molecular complexity index is 1150. The van der Waals surface area contributed by atoms with Crippen molar-refractivity contribution in [1.82, 2.24) is 9.78 Å². The number of halogens is 3. The molecule has 8 nitrogen and oxygen atoms in total. The van der Waals surface area contributed by atoms with Gasteiger partial charge in [0.2, 0.25) is 0 Å². The fourth-order valence-corrected chi connectivity index (χ4v) is 4.37. The van der Waals surface area contributed by atoms with Gasteiger partial charge in [0, 0.05) is 22.8 Å². The second-order valence-electron chi connectivity index (χ2n) is 5.55. The Morgan fingerprint density at radius 3 is 2.64 bits per heavy atom. The lowest BCUT2D eigenvalue weighted by atomic mass is 10.2. The number of benzene rings is 2. The van der Waals surface area contributed by atoms with E-state index in [9.17, 15) is 22.9 Å². The maximum atomic E-state index is 13.9. The predicted octanol–water partition coefficient (Wildman–Crippen LogP) is 4.20. The zero-order valence-corrected chi connectivity index (χ0v) is 17.0. The van der Waals surface area contributed by atoms with Gasteiger partial charge in [-0.2, -0.15) is 5.10 Å². The second-order valence-corrected chi connectivity index (χ2v) is 8.47. The number of nitrogens with one attached hydrogen (secondary N) is 1. The molecule has 0 bridgehead atoms. The Kier molecular flexibility index (Phi) is 5.68. The third kappa shape index (κ3) is 4.16. The first kappa shape index (κ1) is 20.2. The van der Waals surface area contributed by atoms with E-state index in [0.29, 0.717) is 0 Å². The molecule has 0 amide bonds. The molecule has 0 atom stereocenters. The third-order valence-corrected chi connectivity index (χ3v) is 6.00. The summed E-state index contributed by atoms with van der Waals surface area (Å²) < 4.78 is 42.9. The van der Waals surface area contributed by atoms with Crippen LogP contribution in [0, 0.1) is 15.9 Å². The summed E-state index contributed by atoms with van der Waals surface area (Å²) in [5.74, 6) is -0.633. The van der Waals surface area contributed by atoms with Crippen molar-refractivity contribution in [2.24, 2.45) is 0 Å².